The zero-order chi connectivity index (χ0) is 14.7. The van der Waals surface area contributed by atoms with E-state index in [1.165, 1.54) is 12.1 Å². The second kappa shape index (κ2) is 6.05. The van der Waals surface area contributed by atoms with Gasteiger partial charge in [-0.25, -0.2) is 4.39 Å². The molecule has 20 heavy (non-hydrogen) atoms. The topological polar surface area (TPSA) is 39.1 Å². The van der Waals surface area contributed by atoms with Gasteiger partial charge in [0.15, 0.2) is 0 Å². The molecule has 1 unspecified atom stereocenters. The van der Waals surface area contributed by atoms with E-state index in [0.717, 1.165) is 23.4 Å². The highest BCUT2D eigenvalue weighted by Gasteiger charge is 2.21. The molecule has 4 nitrogen and oxygen atoms in total. The van der Waals surface area contributed by atoms with Crippen LogP contribution in [0.4, 0.5) is 4.39 Å². The summed E-state index contributed by atoms with van der Waals surface area (Å²) in [5.41, 5.74) is 2.85. The minimum atomic E-state index is -0.273. The van der Waals surface area contributed by atoms with Gasteiger partial charge in [0.25, 0.3) is 0 Å². The van der Waals surface area contributed by atoms with E-state index in [2.05, 4.69) is 10.4 Å². The molecule has 1 aromatic carbocycles. The van der Waals surface area contributed by atoms with Crippen molar-refractivity contribution in [2.45, 2.75) is 19.9 Å². The predicted octanol–water partition coefficient (Wildman–Crippen LogP) is 2.58. The van der Waals surface area contributed by atoms with E-state index in [-0.39, 0.29) is 11.9 Å². The standard InChI is InChI=1S/C15H20FN3O/c1-5-17-15(13-9-18-19(3)10(13)2)12-8-11(16)6-7-14(12)20-4/h6-9,15,17H,5H2,1-4H3. The summed E-state index contributed by atoms with van der Waals surface area (Å²) < 4.78 is 20.8. The molecule has 0 saturated carbocycles. The van der Waals surface area contributed by atoms with Gasteiger partial charge in [-0.2, -0.15) is 5.10 Å². The molecule has 1 atom stereocenters. The van der Waals surface area contributed by atoms with Crippen LogP contribution in [0.2, 0.25) is 0 Å². The van der Waals surface area contributed by atoms with E-state index in [4.69, 9.17) is 4.74 Å². The van der Waals surface area contributed by atoms with Crippen molar-refractivity contribution >= 4 is 0 Å². The molecule has 0 fully saturated rings. The van der Waals surface area contributed by atoms with Gasteiger partial charge < -0.3 is 10.1 Å². The second-order valence-electron chi connectivity index (χ2n) is 4.69. The summed E-state index contributed by atoms with van der Waals surface area (Å²) in [4.78, 5) is 0. The van der Waals surface area contributed by atoms with Crippen LogP contribution < -0.4 is 10.1 Å². The van der Waals surface area contributed by atoms with Gasteiger partial charge in [-0.1, -0.05) is 6.92 Å². The molecule has 0 spiro atoms. The Morgan fingerprint density at radius 3 is 2.70 bits per heavy atom. The smallest absolute Gasteiger partial charge is 0.124 e. The van der Waals surface area contributed by atoms with Gasteiger partial charge in [-0.05, 0) is 31.7 Å². The van der Waals surface area contributed by atoms with Crippen molar-refractivity contribution in [2.24, 2.45) is 7.05 Å². The van der Waals surface area contributed by atoms with Gasteiger partial charge in [0.05, 0.1) is 19.3 Å². The molecule has 2 rings (SSSR count). The number of ether oxygens (including phenoxy) is 1. The van der Waals surface area contributed by atoms with E-state index in [1.807, 2.05) is 31.8 Å². The van der Waals surface area contributed by atoms with E-state index in [9.17, 15) is 4.39 Å². The minimum Gasteiger partial charge on any atom is -0.496 e. The van der Waals surface area contributed by atoms with Crippen molar-refractivity contribution in [2.75, 3.05) is 13.7 Å². The van der Waals surface area contributed by atoms with Crippen LogP contribution in [0.25, 0.3) is 0 Å². The molecule has 108 valence electrons. The molecule has 1 heterocycles. The molecule has 2 aromatic rings. The van der Waals surface area contributed by atoms with E-state index >= 15 is 0 Å². The molecule has 1 N–H and O–H groups in total. The normalized spacial score (nSPS) is 12.4. The van der Waals surface area contributed by atoms with Crippen LogP contribution in [0.1, 0.15) is 29.8 Å². The highest BCUT2D eigenvalue weighted by molar-refractivity contribution is 5.42. The Labute approximate surface area is 118 Å². The number of aryl methyl sites for hydroxylation is 1. The molecular formula is C15H20FN3O. The minimum absolute atomic E-state index is 0.139. The second-order valence-corrected chi connectivity index (χ2v) is 4.69. The Kier molecular flexibility index (Phi) is 4.39. The van der Waals surface area contributed by atoms with Crippen LogP contribution >= 0.6 is 0 Å². The van der Waals surface area contributed by atoms with Crippen LogP contribution in [-0.2, 0) is 7.05 Å². The van der Waals surface area contributed by atoms with Gasteiger partial charge in [-0.3, -0.25) is 4.68 Å². The maximum Gasteiger partial charge on any atom is 0.124 e. The molecular weight excluding hydrogens is 257 g/mol. The Bertz CT molecular complexity index is 595. The molecule has 0 aliphatic heterocycles. The first-order valence-electron chi connectivity index (χ1n) is 6.63. The molecule has 0 aliphatic carbocycles. The Balaban J connectivity index is 2.53. The Morgan fingerprint density at radius 1 is 1.40 bits per heavy atom. The zero-order valence-corrected chi connectivity index (χ0v) is 12.3. The lowest BCUT2D eigenvalue weighted by molar-refractivity contribution is 0.402. The first-order valence-corrected chi connectivity index (χ1v) is 6.63. The quantitative estimate of drug-likeness (QED) is 0.913. The number of rotatable bonds is 5. The average Bonchev–Trinajstić information content (AvgIpc) is 2.76. The van der Waals surface area contributed by atoms with Gasteiger partial charge in [0, 0.05) is 23.9 Å². The number of hydrogen-bond donors (Lipinski definition) is 1. The fraction of sp³-hybridized carbons (Fsp3) is 0.400. The molecule has 0 radical (unpaired) electrons. The summed E-state index contributed by atoms with van der Waals surface area (Å²) in [6.07, 6.45) is 1.81. The number of methoxy groups -OCH3 is 1. The van der Waals surface area contributed by atoms with Crippen LogP contribution in [0.5, 0.6) is 5.75 Å². The fourth-order valence-corrected chi connectivity index (χ4v) is 2.32. The average molecular weight is 277 g/mol. The molecule has 0 saturated heterocycles. The number of halogens is 1. The number of nitrogens with one attached hydrogen (secondary N) is 1. The SMILES string of the molecule is CCNC(c1cc(F)ccc1OC)c1cnn(C)c1C. The number of benzene rings is 1. The van der Waals surface area contributed by atoms with Crippen molar-refractivity contribution < 1.29 is 9.13 Å². The third kappa shape index (κ3) is 2.67. The Hall–Kier alpha value is -1.88. The van der Waals surface area contributed by atoms with Crippen molar-refractivity contribution in [3.05, 3.63) is 47.0 Å². The monoisotopic (exact) mass is 277 g/mol. The summed E-state index contributed by atoms with van der Waals surface area (Å²) in [5, 5.41) is 7.64. The summed E-state index contributed by atoms with van der Waals surface area (Å²) in [6, 6.07) is 4.43. The highest BCUT2D eigenvalue weighted by Crippen LogP contribution is 2.32. The Morgan fingerprint density at radius 2 is 2.15 bits per heavy atom. The maximum absolute atomic E-state index is 13.6. The van der Waals surface area contributed by atoms with Crippen molar-refractivity contribution in [3.8, 4) is 5.75 Å². The highest BCUT2D eigenvalue weighted by atomic mass is 19.1. The van der Waals surface area contributed by atoms with Crippen LogP contribution in [0.15, 0.2) is 24.4 Å². The lowest BCUT2D eigenvalue weighted by Crippen LogP contribution is -2.23. The first-order chi connectivity index (χ1) is 9.58. The van der Waals surface area contributed by atoms with E-state index < -0.39 is 0 Å². The third-order valence-corrected chi connectivity index (χ3v) is 3.50. The summed E-state index contributed by atoms with van der Waals surface area (Å²) in [5.74, 6) is 0.394. The van der Waals surface area contributed by atoms with Crippen molar-refractivity contribution in [1.82, 2.24) is 15.1 Å². The third-order valence-electron chi connectivity index (χ3n) is 3.50. The zero-order valence-electron chi connectivity index (χ0n) is 12.3. The molecule has 0 amide bonds. The number of hydrogen-bond acceptors (Lipinski definition) is 3. The largest absolute Gasteiger partial charge is 0.496 e. The van der Waals surface area contributed by atoms with Gasteiger partial charge in [-0.15, -0.1) is 0 Å². The summed E-state index contributed by atoms with van der Waals surface area (Å²) >= 11 is 0. The van der Waals surface area contributed by atoms with Crippen molar-refractivity contribution in [1.29, 1.82) is 0 Å². The predicted molar refractivity (Wildman–Crippen MR) is 76.4 cm³/mol. The van der Waals surface area contributed by atoms with E-state index in [0.29, 0.717) is 5.75 Å². The van der Waals surface area contributed by atoms with E-state index in [1.54, 1.807) is 13.2 Å². The maximum atomic E-state index is 13.6. The molecule has 5 heteroatoms. The summed E-state index contributed by atoms with van der Waals surface area (Å²) in [6.45, 7) is 4.78. The number of nitrogens with zero attached hydrogens (tertiary/aromatic N) is 2. The van der Waals surface area contributed by atoms with Gasteiger partial charge in [0.2, 0.25) is 0 Å². The lowest BCUT2D eigenvalue weighted by Gasteiger charge is -2.21. The van der Waals surface area contributed by atoms with Crippen LogP contribution in [0, 0.1) is 12.7 Å². The summed E-state index contributed by atoms with van der Waals surface area (Å²) in [7, 11) is 3.49. The number of aromatic nitrogens is 2. The van der Waals surface area contributed by atoms with Crippen molar-refractivity contribution in [3.63, 3.8) is 0 Å². The molecule has 0 bridgehead atoms. The first kappa shape index (κ1) is 14.5. The lowest BCUT2D eigenvalue weighted by atomic mass is 9.98. The fourth-order valence-electron chi connectivity index (χ4n) is 2.32. The van der Waals surface area contributed by atoms with Gasteiger partial charge in [0.1, 0.15) is 11.6 Å². The molecule has 0 aliphatic rings. The molecule has 1 aromatic heterocycles. The van der Waals surface area contributed by atoms with Gasteiger partial charge >= 0.3 is 0 Å². The van der Waals surface area contributed by atoms with Crippen LogP contribution in [-0.4, -0.2) is 23.4 Å². The van der Waals surface area contributed by atoms with Crippen LogP contribution in [0.3, 0.4) is 0 Å².